The molecule has 0 bridgehead atoms. The minimum Gasteiger partial charge on any atom is -0.490 e. The SMILES string of the molecule is CCc1ccc(C(=O)S)c(OC2CCC(NC(=O)OC(C)(C)C)CC2)c1. The topological polar surface area (TPSA) is 64.6 Å². The summed E-state index contributed by atoms with van der Waals surface area (Å²) >= 11 is 3.94. The number of carbonyl (C=O) groups is 2. The first-order chi connectivity index (χ1) is 12.2. The van der Waals surface area contributed by atoms with E-state index >= 15 is 0 Å². The van der Waals surface area contributed by atoms with Gasteiger partial charge in [0.05, 0.1) is 11.7 Å². The predicted octanol–water partition coefficient (Wildman–Crippen LogP) is 4.53. The second-order valence-corrected chi connectivity index (χ2v) is 8.13. The fourth-order valence-electron chi connectivity index (χ4n) is 3.04. The van der Waals surface area contributed by atoms with Crippen molar-refractivity contribution < 1.29 is 19.1 Å². The molecule has 2 rings (SSSR count). The molecule has 1 aromatic rings. The molecule has 6 heteroatoms. The van der Waals surface area contributed by atoms with Crippen LogP contribution in [0.3, 0.4) is 0 Å². The van der Waals surface area contributed by atoms with E-state index in [1.165, 1.54) is 0 Å². The summed E-state index contributed by atoms with van der Waals surface area (Å²) in [4.78, 5) is 23.6. The number of carbonyl (C=O) groups excluding carboxylic acids is 2. The highest BCUT2D eigenvalue weighted by Gasteiger charge is 2.26. The molecule has 1 aromatic carbocycles. The van der Waals surface area contributed by atoms with E-state index in [4.69, 9.17) is 9.47 Å². The van der Waals surface area contributed by atoms with Gasteiger partial charge in [0.15, 0.2) is 0 Å². The maximum Gasteiger partial charge on any atom is 0.407 e. The molecule has 1 fully saturated rings. The standard InChI is InChI=1S/C20H29NO4S/c1-5-13-6-11-16(18(22)26)17(12-13)24-15-9-7-14(8-10-15)21-19(23)25-20(2,3)4/h6,11-12,14-15H,5,7-10H2,1-4H3,(H,21,23)(H,22,26). The van der Waals surface area contributed by atoms with Crippen LogP contribution < -0.4 is 10.1 Å². The maximum absolute atomic E-state index is 11.9. The quantitative estimate of drug-likeness (QED) is 0.738. The molecule has 0 aliphatic heterocycles. The third kappa shape index (κ3) is 6.24. The summed E-state index contributed by atoms with van der Waals surface area (Å²) in [6.07, 6.45) is 3.81. The van der Waals surface area contributed by atoms with Gasteiger partial charge in [0.1, 0.15) is 11.4 Å². The zero-order valence-electron chi connectivity index (χ0n) is 16.0. The van der Waals surface area contributed by atoms with Gasteiger partial charge in [-0.3, -0.25) is 4.79 Å². The normalized spacial score (nSPS) is 20.3. The first-order valence-corrected chi connectivity index (χ1v) is 9.65. The third-order valence-corrected chi connectivity index (χ3v) is 4.61. The summed E-state index contributed by atoms with van der Waals surface area (Å²) in [5.74, 6) is 0.605. The summed E-state index contributed by atoms with van der Waals surface area (Å²) in [6.45, 7) is 7.61. The molecule has 1 aliphatic carbocycles. The molecule has 0 unspecified atom stereocenters. The average molecular weight is 380 g/mol. The van der Waals surface area contributed by atoms with Crippen molar-refractivity contribution >= 4 is 23.8 Å². The molecule has 1 aliphatic rings. The highest BCUT2D eigenvalue weighted by Crippen LogP contribution is 2.28. The molecule has 144 valence electrons. The summed E-state index contributed by atoms with van der Waals surface area (Å²) in [5.41, 5.74) is 1.13. The lowest BCUT2D eigenvalue weighted by Gasteiger charge is -2.30. The number of rotatable bonds is 5. The Morgan fingerprint density at radius 3 is 2.38 bits per heavy atom. The lowest BCUT2D eigenvalue weighted by molar-refractivity contribution is 0.0470. The van der Waals surface area contributed by atoms with Crippen LogP contribution in [0.15, 0.2) is 18.2 Å². The Morgan fingerprint density at radius 2 is 1.85 bits per heavy atom. The number of amides is 1. The van der Waals surface area contributed by atoms with Crippen molar-refractivity contribution in [3.05, 3.63) is 29.3 Å². The van der Waals surface area contributed by atoms with Crippen molar-refractivity contribution in [2.75, 3.05) is 0 Å². The maximum atomic E-state index is 11.9. The van der Waals surface area contributed by atoms with Gasteiger partial charge in [0.25, 0.3) is 0 Å². The largest absolute Gasteiger partial charge is 0.490 e. The Hall–Kier alpha value is -1.69. The van der Waals surface area contributed by atoms with E-state index in [9.17, 15) is 9.59 Å². The Labute approximate surface area is 161 Å². The van der Waals surface area contributed by atoms with E-state index in [0.717, 1.165) is 37.7 Å². The summed E-state index contributed by atoms with van der Waals surface area (Å²) in [6, 6.07) is 5.73. The molecule has 26 heavy (non-hydrogen) atoms. The van der Waals surface area contributed by atoms with Crippen molar-refractivity contribution in [3.63, 3.8) is 0 Å². The van der Waals surface area contributed by atoms with Crippen molar-refractivity contribution in [1.29, 1.82) is 0 Å². The van der Waals surface area contributed by atoms with E-state index in [-0.39, 0.29) is 23.4 Å². The van der Waals surface area contributed by atoms with E-state index in [1.54, 1.807) is 6.07 Å². The zero-order valence-corrected chi connectivity index (χ0v) is 16.9. The Balaban J connectivity index is 1.91. The fraction of sp³-hybridized carbons (Fsp3) is 0.600. The van der Waals surface area contributed by atoms with Crippen molar-refractivity contribution in [2.24, 2.45) is 0 Å². The van der Waals surface area contributed by atoms with E-state index in [1.807, 2.05) is 32.9 Å². The molecular formula is C20H29NO4S. The second-order valence-electron chi connectivity index (χ2n) is 7.73. The van der Waals surface area contributed by atoms with Gasteiger partial charge in [0.2, 0.25) is 5.12 Å². The number of alkyl carbamates (subject to hydrolysis) is 1. The minimum absolute atomic E-state index is 0.0326. The van der Waals surface area contributed by atoms with Gasteiger partial charge in [-0.25, -0.2) is 4.79 Å². The first-order valence-electron chi connectivity index (χ1n) is 9.20. The van der Waals surface area contributed by atoms with Crippen LogP contribution in [0.2, 0.25) is 0 Å². The number of hydrogen-bond acceptors (Lipinski definition) is 4. The molecule has 1 N–H and O–H groups in total. The highest BCUT2D eigenvalue weighted by molar-refractivity contribution is 7.97. The molecule has 0 radical (unpaired) electrons. The first kappa shape index (κ1) is 20.6. The number of aryl methyl sites for hydroxylation is 1. The van der Waals surface area contributed by atoms with Gasteiger partial charge < -0.3 is 14.8 Å². The summed E-state index contributed by atoms with van der Waals surface area (Å²) in [5, 5.41) is 2.64. The van der Waals surface area contributed by atoms with E-state index in [0.29, 0.717) is 11.3 Å². The minimum atomic E-state index is -0.496. The molecule has 1 amide bonds. The van der Waals surface area contributed by atoms with Crippen molar-refractivity contribution in [3.8, 4) is 5.75 Å². The van der Waals surface area contributed by atoms with Crippen LogP contribution in [0.1, 0.15) is 69.3 Å². The molecule has 1 saturated carbocycles. The molecule has 0 atom stereocenters. The van der Waals surface area contributed by atoms with Crippen LogP contribution in [0.5, 0.6) is 5.75 Å². The van der Waals surface area contributed by atoms with E-state index < -0.39 is 5.60 Å². The lowest BCUT2D eigenvalue weighted by atomic mass is 9.93. The van der Waals surface area contributed by atoms with Crippen LogP contribution in [0, 0.1) is 0 Å². The van der Waals surface area contributed by atoms with Crippen LogP contribution >= 0.6 is 12.6 Å². The second kappa shape index (κ2) is 8.80. The van der Waals surface area contributed by atoms with Gasteiger partial charge in [-0.1, -0.05) is 13.0 Å². The van der Waals surface area contributed by atoms with Gasteiger partial charge in [-0.2, -0.15) is 0 Å². The number of thiol groups is 1. The number of nitrogens with one attached hydrogen (secondary N) is 1. The van der Waals surface area contributed by atoms with Gasteiger partial charge in [-0.15, -0.1) is 12.6 Å². The fourth-order valence-corrected chi connectivity index (χ4v) is 3.22. The van der Waals surface area contributed by atoms with Crippen molar-refractivity contribution in [1.82, 2.24) is 5.32 Å². The van der Waals surface area contributed by atoms with Crippen LogP contribution in [0.25, 0.3) is 0 Å². The molecule has 0 spiro atoms. The van der Waals surface area contributed by atoms with E-state index in [2.05, 4.69) is 24.9 Å². The smallest absolute Gasteiger partial charge is 0.407 e. The van der Waals surface area contributed by atoms with Gasteiger partial charge in [0, 0.05) is 6.04 Å². The van der Waals surface area contributed by atoms with Gasteiger partial charge >= 0.3 is 6.09 Å². The Kier molecular flexibility index (Phi) is 6.98. The summed E-state index contributed by atoms with van der Waals surface area (Å²) in [7, 11) is 0. The number of ether oxygens (including phenoxy) is 2. The molecule has 0 aromatic heterocycles. The lowest BCUT2D eigenvalue weighted by Crippen LogP contribution is -2.42. The third-order valence-electron chi connectivity index (χ3n) is 4.37. The summed E-state index contributed by atoms with van der Waals surface area (Å²) < 4.78 is 11.4. The number of hydrogen-bond donors (Lipinski definition) is 2. The molecule has 5 nitrogen and oxygen atoms in total. The van der Waals surface area contributed by atoms with Crippen LogP contribution in [-0.2, 0) is 11.2 Å². The zero-order chi connectivity index (χ0) is 19.3. The molecular weight excluding hydrogens is 350 g/mol. The molecule has 0 heterocycles. The Morgan fingerprint density at radius 1 is 1.19 bits per heavy atom. The number of benzene rings is 1. The monoisotopic (exact) mass is 379 g/mol. The predicted molar refractivity (Wildman–Crippen MR) is 105 cm³/mol. The molecule has 0 saturated heterocycles. The van der Waals surface area contributed by atoms with Gasteiger partial charge in [-0.05, 0) is 70.6 Å². The van der Waals surface area contributed by atoms with Crippen LogP contribution in [0.4, 0.5) is 4.79 Å². The average Bonchev–Trinajstić information content (AvgIpc) is 2.54. The Bertz CT molecular complexity index is 646. The van der Waals surface area contributed by atoms with Crippen molar-refractivity contribution in [2.45, 2.75) is 77.5 Å². The van der Waals surface area contributed by atoms with Crippen LogP contribution in [-0.4, -0.2) is 29.0 Å². The highest BCUT2D eigenvalue weighted by atomic mass is 32.1.